The van der Waals surface area contributed by atoms with E-state index in [1.165, 1.54) is 21.5 Å². The van der Waals surface area contributed by atoms with Crippen molar-refractivity contribution < 1.29 is 45.7 Å². The molecule has 0 saturated carbocycles. The summed E-state index contributed by atoms with van der Waals surface area (Å²) < 4.78 is 99.7. The number of halogens is 6. The molecule has 0 atom stereocenters. The average molecular weight is 961 g/mol. The van der Waals surface area contributed by atoms with Gasteiger partial charge in [-0.25, -0.2) is 9.97 Å². The number of aromatic nitrogens is 6. The lowest BCUT2D eigenvalue weighted by Crippen LogP contribution is -2.22. The van der Waals surface area contributed by atoms with Crippen molar-refractivity contribution in [2.75, 3.05) is 13.2 Å². The molecule has 67 heavy (non-hydrogen) atoms. The average Bonchev–Trinajstić information content (AvgIpc) is 3.93. The highest BCUT2D eigenvalue weighted by Crippen LogP contribution is 2.33. The van der Waals surface area contributed by atoms with Crippen LogP contribution in [-0.2, 0) is 41.9 Å². The van der Waals surface area contributed by atoms with Gasteiger partial charge in [-0.2, -0.15) is 26.3 Å². The van der Waals surface area contributed by atoms with Crippen molar-refractivity contribution in [1.29, 1.82) is 0 Å². The fourth-order valence-corrected chi connectivity index (χ4v) is 7.85. The summed E-state index contributed by atoms with van der Waals surface area (Å²) in [5, 5.41) is 9.40. The van der Waals surface area contributed by atoms with Crippen LogP contribution in [-0.4, -0.2) is 63.5 Å². The second-order valence-electron chi connectivity index (χ2n) is 18.2. The molecule has 354 valence electrons. The van der Waals surface area contributed by atoms with Gasteiger partial charge in [0.2, 0.25) is 0 Å². The summed E-state index contributed by atoms with van der Waals surface area (Å²) in [6, 6.07) is 32.7. The molecule has 0 aliphatic carbocycles. The minimum Gasteiger partial charge on any atom is -0.508 e. The first-order valence-corrected chi connectivity index (χ1v) is 29.0. The zero-order chi connectivity index (χ0) is 48.4. The molecule has 7 rings (SSSR count). The van der Waals surface area contributed by atoms with E-state index in [0.29, 0.717) is 42.3 Å². The highest BCUT2D eigenvalue weighted by atomic mass is 28.3. The van der Waals surface area contributed by atoms with E-state index in [4.69, 9.17) is 14.2 Å². The summed E-state index contributed by atoms with van der Waals surface area (Å²) >= 11 is 0. The lowest BCUT2D eigenvalue weighted by Gasteiger charge is -2.16. The van der Waals surface area contributed by atoms with Gasteiger partial charge in [0.1, 0.15) is 43.2 Å². The Morgan fingerprint density at radius 3 is 1.34 bits per heavy atom. The molecule has 0 bridgehead atoms. The third kappa shape index (κ3) is 15.2. The Morgan fingerprint density at radius 2 is 0.955 bits per heavy atom. The number of hydrogen-bond donors (Lipinski definition) is 1. The summed E-state index contributed by atoms with van der Waals surface area (Å²) in [5.41, 5.74) is 3.09. The van der Waals surface area contributed by atoms with E-state index < -0.39 is 39.9 Å². The zero-order valence-electron chi connectivity index (χ0n) is 38.2. The number of nitrogens with zero attached hydrogens (tertiary/aromatic N) is 6. The fraction of sp³-hybridized carbons (Fsp3) is 0.306. The maximum atomic E-state index is 13.4. The largest absolute Gasteiger partial charge is 0.508 e. The number of hydrogen-bond acceptors (Lipinski definition) is 8. The number of aromatic hydroxyl groups is 1. The first-order valence-electron chi connectivity index (χ1n) is 21.5. The van der Waals surface area contributed by atoms with Crippen molar-refractivity contribution >= 4 is 16.1 Å². The standard InChI is InChI=1S/C28H30F3N3O2Si.C21H24F3N3O2Si/c1-37(2,3)16-15-35-20-34-18-26(28(29,30)31)33-27(34)23-11-14-25(32-17-23)22-9-12-24(13-10-22)36-19-21-7-5-4-6-8-21;1-30(2,3)11-10-29-14-27-13-19(21(22,23)24)26-20(27)16-6-9-18(25-12-16)15-4-7-17(28)8-5-15/h4-14,17-18H,15-16,19-20H2,1-3H3;4-9,12-13,28H,10-11,14H2,1-3H3. The van der Waals surface area contributed by atoms with E-state index in [0.717, 1.165) is 46.9 Å². The van der Waals surface area contributed by atoms with Crippen molar-refractivity contribution in [2.24, 2.45) is 0 Å². The number of phenols is 1. The maximum absolute atomic E-state index is 13.4. The number of rotatable bonds is 17. The molecule has 0 amide bonds. The van der Waals surface area contributed by atoms with Crippen molar-refractivity contribution in [3.8, 4) is 56.8 Å². The topological polar surface area (TPSA) is 109 Å². The number of alkyl halides is 6. The van der Waals surface area contributed by atoms with Gasteiger partial charge in [0.05, 0.1) is 11.4 Å². The second-order valence-corrected chi connectivity index (χ2v) is 29.5. The molecule has 4 heterocycles. The van der Waals surface area contributed by atoms with Gasteiger partial charge in [0, 0.05) is 76.4 Å². The summed E-state index contributed by atoms with van der Waals surface area (Å²) in [6.07, 6.45) is -4.10. The van der Waals surface area contributed by atoms with Crippen LogP contribution in [0.2, 0.25) is 51.4 Å². The SMILES string of the molecule is C[Si](C)(C)CCOCn1cc(C(F)(F)F)nc1-c1ccc(-c2ccc(O)cc2)nc1.C[Si](C)(C)CCOCn1cc(C(F)(F)F)nc1-c1ccc(-c2ccc(OCc3ccccc3)cc2)nc1. The van der Waals surface area contributed by atoms with Crippen molar-refractivity contribution in [3.63, 3.8) is 0 Å². The molecule has 0 spiro atoms. The third-order valence-electron chi connectivity index (χ3n) is 10.2. The highest BCUT2D eigenvalue weighted by Gasteiger charge is 2.36. The van der Waals surface area contributed by atoms with Crippen LogP contribution in [0.25, 0.3) is 45.3 Å². The van der Waals surface area contributed by atoms with Gasteiger partial charge in [-0.05, 0) is 90.4 Å². The molecule has 1 N–H and O–H groups in total. The van der Waals surface area contributed by atoms with Crippen molar-refractivity contribution in [1.82, 2.24) is 29.1 Å². The van der Waals surface area contributed by atoms with E-state index in [1.54, 1.807) is 48.5 Å². The Labute approximate surface area is 388 Å². The van der Waals surface area contributed by atoms with E-state index in [2.05, 4.69) is 59.2 Å². The molecule has 0 aliphatic rings. The number of ether oxygens (including phenoxy) is 3. The van der Waals surface area contributed by atoms with Crippen molar-refractivity contribution in [3.05, 3.63) is 145 Å². The number of phenolic OH excluding ortho intramolecular Hbond substituents is 1. The molecule has 4 aromatic heterocycles. The molecule has 18 heteroatoms. The summed E-state index contributed by atoms with van der Waals surface area (Å²) in [6.45, 7) is 14.7. The van der Waals surface area contributed by atoms with Crippen molar-refractivity contribution in [2.45, 2.75) is 83.8 Å². The minimum atomic E-state index is -4.55. The van der Waals surface area contributed by atoms with Crippen LogP contribution in [0.1, 0.15) is 17.0 Å². The fourth-order valence-electron chi connectivity index (χ4n) is 6.33. The van der Waals surface area contributed by atoms with E-state index in [-0.39, 0.29) is 30.9 Å². The maximum Gasteiger partial charge on any atom is 0.434 e. The van der Waals surface area contributed by atoms with Gasteiger partial charge < -0.3 is 28.5 Å². The summed E-state index contributed by atoms with van der Waals surface area (Å²) in [5.74, 6) is 1.20. The van der Waals surface area contributed by atoms with Gasteiger partial charge in [0.15, 0.2) is 11.4 Å². The second kappa shape index (κ2) is 21.7. The molecule has 10 nitrogen and oxygen atoms in total. The van der Waals surface area contributed by atoms with Gasteiger partial charge in [-0.3, -0.25) is 9.97 Å². The molecule has 0 saturated heterocycles. The lowest BCUT2D eigenvalue weighted by atomic mass is 10.1. The van der Waals surface area contributed by atoms with E-state index in [9.17, 15) is 31.4 Å². The normalized spacial score (nSPS) is 12.2. The Morgan fingerprint density at radius 1 is 0.537 bits per heavy atom. The quantitative estimate of drug-likeness (QED) is 0.0546. The monoisotopic (exact) mass is 960 g/mol. The first-order chi connectivity index (χ1) is 31.6. The lowest BCUT2D eigenvalue weighted by molar-refractivity contribution is -0.141. The molecule has 0 unspecified atom stereocenters. The molecule has 0 aliphatic heterocycles. The van der Waals surface area contributed by atoms with Crippen LogP contribution in [0.4, 0.5) is 26.3 Å². The predicted molar refractivity (Wildman–Crippen MR) is 252 cm³/mol. The van der Waals surface area contributed by atoms with E-state index >= 15 is 0 Å². The van der Waals surface area contributed by atoms with Crippen LogP contribution in [0.15, 0.2) is 128 Å². The van der Waals surface area contributed by atoms with Gasteiger partial charge in [0.25, 0.3) is 0 Å². The van der Waals surface area contributed by atoms with E-state index in [1.807, 2.05) is 54.6 Å². The summed E-state index contributed by atoms with van der Waals surface area (Å²) in [4.78, 5) is 16.5. The van der Waals surface area contributed by atoms with Crippen LogP contribution < -0.4 is 4.74 Å². The minimum absolute atomic E-state index is 0.00487. The predicted octanol–water partition coefficient (Wildman–Crippen LogP) is 13.2. The molecule has 0 fully saturated rings. The Kier molecular flexibility index (Phi) is 16.3. The van der Waals surface area contributed by atoms with Gasteiger partial charge >= 0.3 is 12.4 Å². The Balaban J connectivity index is 0.000000226. The van der Waals surface area contributed by atoms with Crippen LogP contribution in [0.3, 0.4) is 0 Å². The Bertz CT molecular complexity index is 2630. The zero-order valence-corrected chi connectivity index (χ0v) is 40.2. The Hall–Kier alpha value is -6.09. The van der Waals surface area contributed by atoms with Crippen LogP contribution >= 0.6 is 0 Å². The highest BCUT2D eigenvalue weighted by molar-refractivity contribution is 6.76. The number of benzene rings is 3. The molecule has 7 aromatic rings. The summed E-state index contributed by atoms with van der Waals surface area (Å²) in [7, 11) is -2.60. The molecule has 0 radical (unpaired) electrons. The first kappa shape index (κ1) is 50.3. The van der Waals surface area contributed by atoms with Crippen LogP contribution in [0.5, 0.6) is 11.5 Å². The van der Waals surface area contributed by atoms with Gasteiger partial charge in [-0.15, -0.1) is 0 Å². The molecular weight excluding hydrogens is 907 g/mol. The number of pyridine rings is 2. The molecular formula is C49H54F6N6O4Si2. The number of imidazole rings is 2. The third-order valence-corrected chi connectivity index (χ3v) is 13.6. The van der Waals surface area contributed by atoms with Crippen LogP contribution in [0, 0.1) is 0 Å². The smallest absolute Gasteiger partial charge is 0.434 e. The molecule has 3 aromatic carbocycles. The van der Waals surface area contributed by atoms with Gasteiger partial charge in [-0.1, -0.05) is 69.6 Å².